The van der Waals surface area contributed by atoms with Gasteiger partial charge in [0.15, 0.2) is 0 Å². The minimum absolute atomic E-state index is 0.196. The summed E-state index contributed by atoms with van der Waals surface area (Å²) in [6, 6.07) is 6.68. The van der Waals surface area contributed by atoms with Crippen molar-refractivity contribution in [2.45, 2.75) is 45.6 Å². The summed E-state index contributed by atoms with van der Waals surface area (Å²) in [4.78, 5) is 2.35. The fourth-order valence-corrected chi connectivity index (χ4v) is 2.56. The maximum absolute atomic E-state index is 5.93. The Labute approximate surface area is 120 Å². The lowest BCUT2D eigenvalue weighted by molar-refractivity contribution is 0.697. The van der Waals surface area contributed by atoms with E-state index in [4.69, 9.17) is 5.73 Å². The first-order valence-corrected chi connectivity index (χ1v) is 7.59. The van der Waals surface area contributed by atoms with Gasteiger partial charge in [-0.1, -0.05) is 35.7 Å². The summed E-state index contributed by atoms with van der Waals surface area (Å²) >= 11 is 3.54. The largest absolute Gasteiger partial charge is 0.374 e. The molecule has 1 aromatic carbocycles. The molecule has 18 heavy (non-hydrogen) atoms. The molecule has 0 spiro atoms. The molecule has 0 fully saturated rings. The lowest BCUT2D eigenvalue weighted by atomic mass is 10.0. The summed E-state index contributed by atoms with van der Waals surface area (Å²) in [5.74, 6) is 0. The maximum Gasteiger partial charge on any atom is 0.0397 e. The van der Waals surface area contributed by atoms with Gasteiger partial charge >= 0.3 is 0 Å². The molecule has 102 valence electrons. The van der Waals surface area contributed by atoms with Gasteiger partial charge in [0.1, 0.15) is 0 Å². The van der Waals surface area contributed by atoms with Crippen molar-refractivity contribution in [3.8, 4) is 0 Å². The summed E-state index contributed by atoms with van der Waals surface area (Å²) in [7, 11) is 2.17. The van der Waals surface area contributed by atoms with E-state index in [9.17, 15) is 0 Å². The van der Waals surface area contributed by atoms with Crippen LogP contribution in [0.25, 0.3) is 0 Å². The van der Waals surface area contributed by atoms with Crippen LogP contribution in [0.5, 0.6) is 0 Å². The Bertz CT molecular complexity index is 364. The Morgan fingerprint density at radius 1 is 1.33 bits per heavy atom. The van der Waals surface area contributed by atoms with E-state index in [-0.39, 0.29) is 6.04 Å². The van der Waals surface area contributed by atoms with E-state index < -0.39 is 0 Å². The molecule has 2 N–H and O–H groups in total. The number of hydrogen-bond acceptors (Lipinski definition) is 2. The van der Waals surface area contributed by atoms with Crippen LogP contribution < -0.4 is 10.6 Å². The predicted molar refractivity (Wildman–Crippen MR) is 84.3 cm³/mol. The second kappa shape index (κ2) is 7.80. The van der Waals surface area contributed by atoms with Crippen LogP contribution in [0, 0.1) is 0 Å². The summed E-state index contributed by atoms with van der Waals surface area (Å²) in [6.45, 7) is 5.41. The molecule has 3 heteroatoms. The van der Waals surface area contributed by atoms with Gasteiger partial charge in [-0.2, -0.15) is 0 Å². The molecule has 0 amide bonds. The van der Waals surface area contributed by atoms with Crippen LogP contribution >= 0.6 is 15.9 Å². The maximum atomic E-state index is 5.93. The summed E-state index contributed by atoms with van der Waals surface area (Å²) < 4.78 is 1.13. The highest BCUT2D eigenvalue weighted by Gasteiger charge is 2.09. The zero-order valence-corrected chi connectivity index (χ0v) is 13.3. The van der Waals surface area contributed by atoms with Gasteiger partial charge in [0.2, 0.25) is 0 Å². The fourth-order valence-electron chi connectivity index (χ4n) is 2.16. The third-order valence-electron chi connectivity index (χ3n) is 3.09. The smallest absolute Gasteiger partial charge is 0.0397 e. The van der Waals surface area contributed by atoms with Gasteiger partial charge in [-0.3, -0.25) is 0 Å². The van der Waals surface area contributed by atoms with Gasteiger partial charge in [0, 0.05) is 29.8 Å². The highest BCUT2D eigenvalue weighted by Crippen LogP contribution is 2.25. The molecule has 0 heterocycles. The zero-order valence-electron chi connectivity index (χ0n) is 11.7. The van der Waals surface area contributed by atoms with Crippen LogP contribution in [-0.4, -0.2) is 19.6 Å². The van der Waals surface area contributed by atoms with Crippen LogP contribution in [0.1, 0.15) is 38.7 Å². The molecule has 0 saturated heterocycles. The number of nitrogens with two attached hydrogens (primary N) is 1. The number of rotatable bonds is 7. The predicted octanol–water partition coefficient (Wildman–Crippen LogP) is 3.97. The van der Waals surface area contributed by atoms with Crippen molar-refractivity contribution < 1.29 is 0 Å². The zero-order chi connectivity index (χ0) is 13.5. The first kappa shape index (κ1) is 15.5. The Balaban J connectivity index is 2.78. The number of benzene rings is 1. The molecule has 0 bridgehead atoms. The highest BCUT2D eigenvalue weighted by molar-refractivity contribution is 9.10. The second-order valence-electron chi connectivity index (χ2n) is 5.08. The molecule has 0 aromatic heterocycles. The number of nitrogens with zero attached hydrogens (tertiary/aromatic N) is 1. The van der Waals surface area contributed by atoms with Gasteiger partial charge in [0.25, 0.3) is 0 Å². The van der Waals surface area contributed by atoms with E-state index in [1.54, 1.807) is 0 Å². The van der Waals surface area contributed by atoms with E-state index in [0.717, 1.165) is 17.4 Å². The minimum Gasteiger partial charge on any atom is -0.374 e. The van der Waals surface area contributed by atoms with Crippen LogP contribution in [0.3, 0.4) is 0 Å². The Morgan fingerprint density at radius 3 is 2.67 bits per heavy atom. The quantitative estimate of drug-likeness (QED) is 0.772. The first-order valence-electron chi connectivity index (χ1n) is 6.79. The summed E-state index contributed by atoms with van der Waals surface area (Å²) in [5.41, 5.74) is 8.57. The number of hydrogen-bond donors (Lipinski definition) is 1. The summed E-state index contributed by atoms with van der Waals surface area (Å²) in [5, 5.41) is 0. The molecule has 0 radical (unpaired) electrons. The molecule has 0 aliphatic carbocycles. The van der Waals surface area contributed by atoms with Crippen LogP contribution in [0.15, 0.2) is 22.7 Å². The molecule has 0 aliphatic rings. The van der Waals surface area contributed by atoms with Gasteiger partial charge < -0.3 is 10.6 Å². The molecule has 0 aliphatic heterocycles. The fraction of sp³-hybridized carbons (Fsp3) is 0.600. The number of unbranched alkanes of at least 4 members (excludes halogenated alkanes) is 2. The number of halogens is 1. The average Bonchev–Trinajstić information content (AvgIpc) is 2.28. The van der Waals surface area contributed by atoms with Crippen molar-refractivity contribution >= 4 is 21.6 Å². The third-order valence-corrected chi connectivity index (χ3v) is 3.59. The Kier molecular flexibility index (Phi) is 6.72. The second-order valence-corrected chi connectivity index (χ2v) is 6.00. The van der Waals surface area contributed by atoms with Crippen LogP contribution in [0.4, 0.5) is 5.69 Å². The topological polar surface area (TPSA) is 29.3 Å². The standard InChI is InChI=1S/C15H25BrN2/c1-4-5-6-9-18(3)15-8-7-14(16)11-13(15)10-12(2)17/h7-8,11-12H,4-6,9-10,17H2,1-3H3. The minimum atomic E-state index is 0.196. The molecule has 2 nitrogen and oxygen atoms in total. The molecule has 1 unspecified atom stereocenters. The SMILES string of the molecule is CCCCCN(C)c1ccc(Br)cc1CC(C)N. The van der Waals surface area contributed by atoms with Gasteiger partial charge in [-0.05, 0) is 43.5 Å². The van der Waals surface area contributed by atoms with Crippen molar-refractivity contribution in [1.82, 2.24) is 0 Å². The molecular formula is C15H25BrN2. The van der Waals surface area contributed by atoms with Crippen molar-refractivity contribution in [3.05, 3.63) is 28.2 Å². The molecule has 1 rings (SSSR count). The van der Waals surface area contributed by atoms with Crippen molar-refractivity contribution in [3.63, 3.8) is 0 Å². The first-order chi connectivity index (χ1) is 8.54. The van der Waals surface area contributed by atoms with E-state index in [0.29, 0.717) is 0 Å². The van der Waals surface area contributed by atoms with E-state index in [2.05, 4.69) is 59.9 Å². The molecular weight excluding hydrogens is 288 g/mol. The van der Waals surface area contributed by atoms with E-state index in [1.807, 2.05) is 0 Å². The van der Waals surface area contributed by atoms with Crippen molar-refractivity contribution in [1.29, 1.82) is 0 Å². The third kappa shape index (κ3) is 4.99. The molecule has 1 atom stereocenters. The Hall–Kier alpha value is -0.540. The van der Waals surface area contributed by atoms with E-state index in [1.165, 1.54) is 30.5 Å². The van der Waals surface area contributed by atoms with Crippen molar-refractivity contribution in [2.24, 2.45) is 5.73 Å². The lowest BCUT2D eigenvalue weighted by Gasteiger charge is -2.23. The molecule has 1 aromatic rings. The van der Waals surface area contributed by atoms with Gasteiger partial charge in [-0.25, -0.2) is 0 Å². The van der Waals surface area contributed by atoms with E-state index >= 15 is 0 Å². The highest BCUT2D eigenvalue weighted by atomic mass is 79.9. The monoisotopic (exact) mass is 312 g/mol. The molecule has 0 saturated carbocycles. The van der Waals surface area contributed by atoms with Gasteiger partial charge in [-0.15, -0.1) is 0 Å². The van der Waals surface area contributed by atoms with Crippen LogP contribution in [-0.2, 0) is 6.42 Å². The average molecular weight is 313 g/mol. The normalized spacial score (nSPS) is 12.5. The lowest BCUT2D eigenvalue weighted by Crippen LogP contribution is -2.23. The summed E-state index contributed by atoms with van der Waals surface area (Å²) in [6.07, 6.45) is 4.73. The Morgan fingerprint density at radius 2 is 2.06 bits per heavy atom. The van der Waals surface area contributed by atoms with Crippen molar-refractivity contribution in [2.75, 3.05) is 18.5 Å². The van der Waals surface area contributed by atoms with Gasteiger partial charge in [0.05, 0.1) is 0 Å². The van der Waals surface area contributed by atoms with Crippen LogP contribution in [0.2, 0.25) is 0 Å². The number of anilines is 1.